The first-order valence-corrected chi connectivity index (χ1v) is 6.66. The van der Waals surface area contributed by atoms with Gasteiger partial charge >= 0.3 is 12.0 Å². The van der Waals surface area contributed by atoms with Crippen LogP contribution in [-0.4, -0.2) is 23.1 Å². The van der Waals surface area contributed by atoms with E-state index >= 15 is 0 Å². The van der Waals surface area contributed by atoms with E-state index in [1.165, 1.54) is 0 Å². The second-order valence-electron chi connectivity index (χ2n) is 5.21. The zero-order valence-electron chi connectivity index (χ0n) is 12.4. The van der Waals surface area contributed by atoms with E-state index in [0.29, 0.717) is 6.42 Å². The molecule has 1 unspecified atom stereocenters. The third-order valence-electron chi connectivity index (χ3n) is 3.08. The van der Waals surface area contributed by atoms with Crippen LogP contribution in [-0.2, 0) is 4.79 Å². The number of aliphatic carboxylic acids is 1. The Hall–Kier alpha value is -2.04. The lowest BCUT2D eigenvalue weighted by atomic mass is 10.1. The van der Waals surface area contributed by atoms with Crippen molar-refractivity contribution in [2.75, 3.05) is 5.32 Å². The van der Waals surface area contributed by atoms with Gasteiger partial charge in [0.2, 0.25) is 0 Å². The first-order valence-electron chi connectivity index (χ1n) is 6.66. The zero-order chi connectivity index (χ0) is 15.3. The smallest absolute Gasteiger partial charge is 0.319 e. The second-order valence-corrected chi connectivity index (χ2v) is 5.21. The summed E-state index contributed by atoms with van der Waals surface area (Å²) >= 11 is 0. The lowest BCUT2D eigenvalue weighted by molar-refractivity contribution is -0.137. The number of carbonyl (C=O) groups excluding carboxylic acids is 1. The third kappa shape index (κ3) is 4.91. The van der Waals surface area contributed by atoms with E-state index < -0.39 is 5.97 Å². The highest BCUT2D eigenvalue weighted by Crippen LogP contribution is 2.21. The van der Waals surface area contributed by atoms with Crippen molar-refractivity contribution in [3.05, 3.63) is 28.8 Å². The van der Waals surface area contributed by atoms with Crippen molar-refractivity contribution >= 4 is 17.7 Å². The van der Waals surface area contributed by atoms with Crippen LogP contribution in [0.25, 0.3) is 0 Å². The van der Waals surface area contributed by atoms with Crippen molar-refractivity contribution in [2.24, 2.45) is 0 Å². The van der Waals surface area contributed by atoms with Crippen LogP contribution in [0.1, 0.15) is 36.5 Å². The Morgan fingerprint density at radius 2 is 1.75 bits per heavy atom. The number of amides is 2. The molecule has 0 spiro atoms. The minimum Gasteiger partial charge on any atom is -0.481 e. The molecule has 0 aliphatic rings. The van der Waals surface area contributed by atoms with Crippen LogP contribution in [0.5, 0.6) is 0 Å². The molecule has 1 atom stereocenters. The van der Waals surface area contributed by atoms with Gasteiger partial charge in [-0.1, -0.05) is 17.7 Å². The Kier molecular flexibility index (Phi) is 5.55. The van der Waals surface area contributed by atoms with Gasteiger partial charge in [0.15, 0.2) is 0 Å². The summed E-state index contributed by atoms with van der Waals surface area (Å²) in [5, 5.41) is 14.2. The molecular weight excluding hydrogens is 256 g/mol. The Balaban J connectivity index is 2.61. The largest absolute Gasteiger partial charge is 0.481 e. The van der Waals surface area contributed by atoms with Gasteiger partial charge in [0.05, 0.1) is 0 Å². The molecule has 20 heavy (non-hydrogen) atoms. The molecule has 0 aliphatic carbocycles. The summed E-state index contributed by atoms with van der Waals surface area (Å²) in [7, 11) is 0. The molecule has 110 valence electrons. The fourth-order valence-corrected chi connectivity index (χ4v) is 2.16. The quantitative estimate of drug-likeness (QED) is 0.774. The van der Waals surface area contributed by atoms with Gasteiger partial charge < -0.3 is 15.7 Å². The highest BCUT2D eigenvalue weighted by atomic mass is 16.4. The van der Waals surface area contributed by atoms with Crippen molar-refractivity contribution in [3.8, 4) is 0 Å². The summed E-state index contributed by atoms with van der Waals surface area (Å²) in [6.07, 6.45) is 0.457. The Morgan fingerprint density at radius 1 is 1.20 bits per heavy atom. The van der Waals surface area contributed by atoms with Gasteiger partial charge in [0.25, 0.3) is 0 Å². The number of rotatable bonds is 5. The maximum absolute atomic E-state index is 11.9. The van der Waals surface area contributed by atoms with Crippen LogP contribution in [0.2, 0.25) is 0 Å². The molecule has 5 nitrogen and oxygen atoms in total. The minimum absolute atomic E-state index is 0.0457. The number of urea groups is 1. The lowest BCUT2D eigenvalue weighted by Crippen LogP contribution is -2.36. The van der Waals surface area contributed by atoms with Crippen LogP contribution >= 0.6 is 0 Å². The van der Waals surface area contributed by atoms with Crippen molar-refractivity contribution in [1.29, 1.82) is 0 Å². The number of hydrogen-bond donors (Lipinski definition) is 3. The molecular formula is C15H22N2O3. The molecule has 1 aromatic carbocycles. The fraction of sp³-hybridized carbons (Fsp3) is 0.467. The first-order chi connectivity index (χ1) is 9.29. The predicted molar refractivity (Wildman–Crippen MR) is 79.1 cm³/mol. The molecule has 3 N–H and O–H groups in total. The fourth-order valence-electron chi connectivity index (χ4n) is 2.16. The number of carboxylic acid groups (broad SMARTS) is 1. The number of benzene rings is 1. The maximum atomic E-state index is 11.9. The van der Waals surface area contributed by atoms with Gasteiger partial charge in [-0.25, -0.2) is 4.79 Å². The Labute approximate surface area is 119 Å². The molecule has 5 heteroatoms. The normalized spacial score (nSPS) is 11.8. The van der Waals surface area contributed by atoms with Gasteiger partial charge in [0, 0.05) is 18.2 Å². The number of nitrogens with one attached hydrogen (secondary N) is 2. The molecule has 0 saturated heterocycles. The molecule has 0 aliphatic heterocycles. The molecule has 0 fully saturated rings. The highest BCUT2D eigenvalue weighted by molar-refractivity contribution is 5.91. The summed E-state index contributed by atoms with van der Waals surface area (Å²) in [6.45, 7) is 7.70. The van der Waals surface area contributed by atoms with Crippen LogP contribution in [0.4, 0.5) is 10.5 Å². The molecule has 0 radical (unpaired) electrons. The third-order valence-corrected chi connectivity index (χ3v) is 3.08. The first kappa shape index (κ1) is 16.0. The van der Waals surface area contributed by atoms with Crippen LogP contribution in [0, 0.1) is 20.8 Å². The highest BCUT2D eigenvalue weighted by Gasteiger charge is 2.11. The van der Waals surface area contributed by atoms with Crippen LogP contribution in [0.15, 0.2) is 12.1 Å². The molecule has 0 bridgehead atoms. The molecule has 0 aromatic heterocycles. The second kappa shape index (κ2) is 6.93. The van der Waals surface area contributed by atoms with Gasteiger partial charge in [-0.05, 0) is 45.2 Å². The number of hydrogen-bond acceptors (Lipinski definition) is 2. The minimum atomic E-state index is -0.857. The van der Waals surface area contributed by atoms with E-state index in [9.17, 15) is 9.59 Å². The average Bonchev–Trinajstić information content (AvgIpc) is 2.31. The summed E-state index contributed by atoms with van der Waals surface area (Å²) < 4.78 is 0. The monoisotopic (exact) mass is 278 g/mol. The summed E-state index contributed by atoms with van der Waals surface area (Å²) in [4.78, 5) is 22.4. The van der Waals surface area contributed by atoms with E-state index in [1.54, 1.807) is 6.92 Å². The Morgan fingerprint density at radius 3 is 2.25 bits per heavy atom. The van der Waals surface area contributed by atoms with Crippen LogP contribution < -0.4 is 10.6 Å². The molecule has 1 rings (SSSR count). The van der Waals surface area contributed by atoms with Gasteiger partial charge in [-0.15, -0.1) is 0 Å². The molecule has 0 heterocycles. The zero-order valence-corrected chi connectivity index (χ0v) is 12.4. The van der Waals surface area contributed by atoms with Gasteiger partial charge in [0.1, 0.15) is 0 Å². The lowest BCUT2D eigenvalue weighted by Gasteiger charge is -2.16. The number of carboxylic acids is 1. The van der Waals surface area contributed by atoms with E-state index in [0.717, 1.165) is 22.4 Å². The molecule has 0 saturated carbocycles. The molecule has 1 aromatic rings. The van der Waals surface area contributed by atoms with E-state index in [4.69, 9.17) is 5.11 Å². The van der Waals surface area contributed by atoms with Crippen molar-refractivity contribution in [1.82, 2.24) is 5.32 Å². The van der Waals surface area contributed by atoms with Gasteiger partial charge in [-0.2, -0.15) is 0 Å². The van der Waals surface area contributed by atoms with Crippen molar-refractivity contribution in [3.63, 3.8) is 0 Å². The summed E-state index contributed by atoms with van der Waals surface area (Å²) in [6, 6.07) is 3.53. The standard InChI is InChI=1S/C15H22N2O3/c1-9-7-10(2)14(11(3)8-9)17-15(20)16-12(4)5-6-13(18)19/h7-8,12H,5-6H2,1-4H3,(H,18,19)(H2,16,17,20). The van der Waals surface area contributed by atoms with Crippen molar-refractivity contribution in [2.45, 2.75) is 46.6 Å². The van der Waals surface area contributed by atoms with E-state index in [1.807, 2.05) is 32.9 Å². The van der Waals surface area contributed by atoms with Gasteiger partial charge in [-0.3, -0.25) is 4.79 Å². The van der Waals surface area contributed by atoms with Crippen molar-refractivity contribution < 1.29 is 14.7 Å². The average molecular weight is 278 g/mol. The number of aryl methyl sites for hydroxylation is 3. The summed E-state index contributed by atoms with van der Waals surface area (Å²) in [5.41, 5.74) is 3.98. The topological polar surface area (TPSA) is 78.4 Å². The molecule has 2 amide bonds. The number of carbonyl (C=O) groups is 2. The summed E-state index contributed by atoms with van der Waals surface area (Å²) in [5.74, 6) is -0.857. The number of anilines is 1. The SMILES string of the molecule is Cc1cc(C)c(NC(=O)NC(C)CCC(=O)O)c(C)c1. The van der Waals surface area contributed by atoms with E-state index in [-0.39, 0.29) is 18.5 Å². The maximum Gasteiger partial charge on any atom is 0.319 e. The Bertz CT molecular complexity index is 489. The predicted octanol–water partition coefficient (Wildman–Crippen LogP) is 2.99. The van der Waals surface area contributed by atoms with Crippen LogP contribution in [0.3, 0.4) is 0 Å². The van der Waals surface area contributed by atoms with E-state index in [2.05, 4.69) is 10.6 Å².